The van der Waals surface area contributed by atoms with Crippen LogP contribution in [0.25, 0.3) is 0 Å². The minimum atomic E-state index is 0.185. The fourth-order valence-corrected chi connectivity index (χ4v) is 4.65. The van der Waals surface area contributed by atoms with Gasteiger partial charge >= 0.3 is 0 Å². The van der Waals surface area contributed by atoms with Crippen LogP contribution in [0.5, 0.6) is 0 Å². The molecule has 1 aliphatic heterocycles. The predicted octanol–water partition coefficient (Wildman–Crippen LogP) is 5.05. The summed E-state index contributed by atoms with van der Waals surface area (Å²) in [5, 5.41) is 8.99. The van der Waals surface area contributed by atoms with Crippen LogP contribution in [0.4, 0.5) is 0 Å². The fourth-order valence-electron chi connectivity index (χ4n) is 4.65. The zero-order valence-electron chi connectivity index (χ0n) is 19.6. The average molecular weight is 419 g/mol. The van der Waals surface area contributed by atoms with E-state index in [1.54, 1.807) is 0 Å². The number of nitrogens with zero attached hydrogens (tertiary/aromatic N) is 3. The molecule has 0 aromatic heterocycles. The Labute approximate surface area is 188 Å². The summed E-state index contributed by atoms with van der Waals surface area (Å²) >= 11 is 0. The molecular weight excluding hydrogens is 380 g/mol. The first-order valence-electron chi connectivity index (χ1n) is 11.4. The molecular formula is C27H38N4. The third-order valence-corrected chi connectivity index (χ3v) is 6.23. The van der Waals surface area contributed by atoms with Gasteiger partial charge in [0.25, 0.3) is 0 Å². The van der Waals surface area contributed by atoms with Gasteiger partial charge in [-0.05, 0) is 52.0 Å². The molecule has 1 aliphatic rings. The molecule has 1 N–H and O–H groups in total. The van der Waals surface area contributed by atoms with Crippen molar-refractivity contribution in [2.75, 3.05) is 33.7 Å². The van der Waals surface area contributed by atoms with Gasteiger partial charge in [0.1, 0.15) is 0 Å². The van der Waals surface area contributed by atoms with Gasteiger partial charge < -0.3 is 14.7 Å². The summed E-state index contributed by atoms with van der Waals surface area (Å²) < 4.78 is 0. The van der Waals surface area contributed by atoms with Gasteiger partial charge in [-0.3, -0.25) is 5.41 Å². The van der Waals surface area contributed by atoms with Crippen molar-refractivity contribution in [3.05, 3.63) is 84.1 Å². The van der Waals surface area contributed by atoms with E-state index in [9.17, 15) is 0 Å². The van der Waals surface area contributed by atoms with Crippen LogP contribution in [0.1, 0.15) is 43.7 Å². The van der Waals surface area contributed by atoms with Gasteiger partial charge in [0.15, 0.2) is 0 Å². The minimum Gasteiger partial charge on any atom is -0.369 e. The average Bonchev–Trinajstić information content (AvgIpc) is 2.75. The minimum absolute atomic E-state index is 0.185. The highest BCUT2D eigenvalue weighted by atomic mass is 15.3. The zero-order valence-corrected chi connectivity index (χ0v) is 19.6. The van der Waals surface area contributed by atoms with Gasteiger partial charge in [0, 0.05) is 30.6 Å². The van der Waals surface area contributed by atoms with Gasteiger partial charge in [-0.2, -0.15) is 0 Å². The van der Waals surface area contributed by atoms with Crippen LogP contribution in [-0.4, -0.2) is 66.3 Å². The van der Waals surface area contributed by atoms with Crippen molar-refractivity contribution in [2.24, 2.45) is 0 Å². The van der Waals surface area contributed by atoms with Crippen molar-refractivity contribution < 1.29 is 0 Å². The molecule has 0 unspecified atom stereocenters. The van der Waals surface area contributed by atoms with Crippen molar-refractivity contribution in [1.29, 1.82) is 5.41 Å². The van der Waals surface area contributed by atoms with E-state index in [2.05, 4.69) is 110 Å². The van der Waals surface area contributed by atoms with E-state index in [1.165, 1.54) is 11.1 Å². The molecule has 2 aromatic rings. The third-order valence-electron chi connectivity index (χ3n) is 6.23. The standard InChI is InChI=1S/C27H38N4/c1-21(2)30-20-25(31(19-22(30)3)26(28)17-12-18-29(4)5)27(23-13-8-6-9-14-23)24-15-10-7-11-16-24/h6-11,13-16,21,25,27-28H,3,12,17-20H2,1-2,4-5H3/t25-/m1/s1. The highest BCUT2D eigenvalue weighted by Crippen LogP contribution is 2.35. The van der Waals surface area contributed by atoms with Crippen molar-refractivity contribution in [3.8, 4) is 0 Å². The number of piperazine rings is 1. The Kier molecular flexibility index (Phi) is 7.91. The van der Waals surface area contributed by atoms with Crippen LogP contribution in [0, 0.1) is 5.41 Å². The number of rotatable bonds is 8. The van der Waals surface area contributed by atoms with Gasteiger partial charge in [-0.25, -0.2) is 0 Å². The lowest BCUT2D eigenvalue weighted by molar-refractivity contribution is 0.133. The molecule has 1 heterocycles. The van der Waals surface area contributed by atoms with Crippen LogP contribution in [0.15, 0.2) is 72.9 Å². The highest BCUT2D eigenvalue weighted by Gasteiger charge is 2.37. The second kappa shape index (κ2) is 10.6. The Morgan fingerprint density at radius 3 is 2.06 bits per heavy atom. The first-order valence-corrected chi connectivity index (χ1v) is 11.4. The summed E-state index contributed by atoms with van der Waals surface area (Å²) in [6.07, 6.45) is 1.79. The summed E-state index contributed by atoms with van der Waals surface area (Å²) in [6.45, 7) is 11.4. The maximum absolute atomic E-state index is 8.99. The van der Waals surface area contributed by atoms with Crippen LogP contribution in [-0.2, 0) is 0 Å². The number of hydrogen-bond acceptors (Lipinski definition) is 3. The molecule has 4 heteroatoms. The summed E-state index contributed by atoms with van der Waals surface area (Å²) in [4.78, 5) is 6.94. The lowest BCUT2D eigenvalue weighted by Gasteiger charge is -2.49. The third kappa shape index (κ3) is 5.76. The molecule has 0 radical (unpaired) electrons. The molecule has 0 aliphatic carbocycles. The molecule has 0 saturated carbocycles. The second-order valence-electron chi connectivity index (χ2n) is 9.16. The Morgan fingerprint density at radius 1 is 1.03 bits per heavy atom. The molecule has 1 saturated heterocycles. The topological polar surface area (TPSA) is 33.6 Å². The van der Waals surface area contributed by atoms with E-state index in [-0.39, 0.29) is 12.0 Å². The quantitative estimate of drug-likeness (QED) is 0.481. The normalized spacial score (nSPS) is 17.1. The molecule has 31 heavy (non-hydrogen) atoms. The van der Waals surface area contributed by atoms with Crippen molar-refractivity contribution in [3.63, 3.8) is 0 Å². The Hall–Kier alpha value is -2.59. The number of nitrogens with one attached hydrogen (secondary N) is 1. The van der Waals surface area contributed by atoms with E-state index in [1.807, 2.05) is 0 Å². The lowest BCUT2D eigenvalue weighted by Crippen LogP contribution is -2.57. The SMILES string of the molecule is C=C1CN(C(=N)CCCN(C)C)[C@@H](C(c2ccccc2)c2ccccc2)CN1C(C)C. The molecule has 1 atom stereocenters. The second-order valence-corrected chi connectivity index (χ2v) is 9.16. The molecule has 2 aromatic carbocycles. The van der Waals surface area contributed by atoms with Crippen molar-refractivity contribution in [1.82, 2.24) is 14.7 Å². The van der Waals surface area contributed by atoms with E-state index < -0.39 is 0 Å². The predicted molar refractivity (Wildman–Crippen MR) is 132 cm³/mol. The van der Waals surface area contributed by atoms with Gasteiger partial charge in [-0.1, -0.05) is 67.2 Å². The highest BCUT2D eigenvalue weighted by molar-refractivity contribution is 5.80. The van der Waals surface area contributed by atoms with E-state index in [0.717, 1.165) is 44.0 Å². The maximum atomic E-state index is 8.99. The molecule has 166 valence electrons. The molecule has 4 nitrogen and oxygen atoms in total. The Bertz CT molecular complexity index is 805. The summed E-state index contributed by atoms with van der Waals surface area (Å²) in [5.74, 6) is 0.930. The van der Waals surface area contributed by atoms with Crippen molar-refractivity contribution in [2.45, 2.75) is 44.7 Å². The van der Waals surface area contributed by atoms with Gasteiger partial charge in [0.2, 0.25) is 0 Å². The molecule has 3 rings (SSSR count). The van der Waals surface area contributed by atoms with Gasteiger partial charge in [-0.15, -0.1) is 0 Å². The van der Waals surface area contributed by atoms with E-state index in [0.29, 0.717) is 6.04 Å². The monoisotopic (exact) mass is 418 g/mol. The zero-order chi connectivity index (χ0) is 22.4. The van der Waals surface area contributed by atoms with E-state index in [4.69, 9.17) is 5.41 Å². The Balaban J connectivity index is 1.98. The number of benzene rings is 2. The Morgan fingerprint density at radius 2 is 1.58 bits per heavy atom. The largest absolute Gasteiger partial charge is 0.369 e. The first-order chi connectivity index (χ1) is 14.9. The lowest BCUT2D eigenvalue weighted by atomic mass is 9.82. The fraction of sp³-hybridized carbons (Fsp3) is 0.444. The maximum Gasteiger partial charge on any atom is 0.0965 e. The smallest absolute Gasteiger partial charge is 0.0965 e. The van der Waals surface area contributed by atoms with Crippen LogP contribution < -0.4 is 0 Å². The molecule has 0 amide bonds. The van der Waals surface area contributed by atoms with Crippen LogP contribution >= 0.6 is 0 Å². The molecule has 0 bridgehead atoms. The number of amidine groups is 1. The van der Waals surface area contributed by atoms with Crippen molar-refractivity contribution >= 4 is 5.84 Å². The first kappa shape index (κ1) is 23.1. The summed E-state index contributed by atoms with van der Waals surface area (Å²) in [6, 6.07) is 22.2. The molecule has 0 spiro atoms. The summed E-state index contributed by atoms with van der Waals surface area (Å²) in [7, 11) is 4.19. The summed E-state index contributed by atoms with van der Waals surface area (Å²) in [5.41, 5.74) is 3.73. The van der Waals surface area contributed by atoms with Crippen LogP contribution in [0.3, 0.4) is 0 Å². The van der Waals surface area contributed by atoms with E-state index >= 15 is 0 Å². The van der Waals surface area contributed by atoms with Gasteiger partial charge in [0.05, 0.1) is 18.4 Å². The number of hydrogen-bond donors (Lipinski definition) is 1. The van der Waals surface area contributed by atoms with Crippen LogP contribution in [0.2, 0.25) is 0 Å². The molecule has 1 fully saturated rings.